The highest BCUT2D eigenvalue weighted by molar-refractivity contribution is 9.11. The Hall–Kier alpha value is -0.260. The van der Waals surface area contributed by atoms with Crippen molar-refractivity contribution >= 4 is 43.2 Å². The predicted molar refractivity (Wildman–Crippen MR) is 60.7 cm³/mol. The molecule has 2 nitrogen and oxygen atoms in total. The van der Waals surface area contributed by atoms with E-state index in [-0.39, 0.29) is 0 Å². The van der Waals surface area contributed by atoms with Crippen molar-refractivity contribution in [1.29, 1.82) is 0 Å². The van der Waals surface area contributed by atoms with Gasteiger partial charge in [-0.15, -0.1) is 11.3 Å². The van der Waals surface area contributed by atoms with Crippen molar-refractivity contribution in [3.8, 4) is 10.7 Å². The van der Waals surface area contributed by atoms with Crippen LogP contribution in [0.3, 0.4) is 0 Å². The van der Waals surface area contributed by atoms with E-state index in [9.17, 15) is 0 Å². The number of rotatable bonds is 1. The first-order chi connectivity index (χ1) is 6.25. The maximum absolute atomic E-state index is 4.26. The van der Waals surface area contributed by atoms with Crippen LogP contribution in [0.15, 0.2) is 32.8 Å². The van der Waals surface area contributed by atoms with E-state index < -0.39 is 0 Å². The van der Waals surface area contributed by atoms with Gasteiger partial charge < -0.3 is 0 Å². The van der Waals surface area contributed by atoms with E-state index >= 15 is 0 Å². The molecule has 66 valence electrons. The number of hydrogen-bond acceptors (Lipinski definition) is 3. The minimum Gasteiger partial charge on any atom is -0.220 e. The van der Waals surface area contributed by atoms with Crippen LogP contribution in [0.4, 0.5) is 0 Å². The molecule has 0 aliphatic heterocycles. The van der Waals surface area contributed by atoms with Crippen LogP contribution in [-0.2, 0) is 0 Å². The third-order valence-corrected chi connectivity index (χ3v) is 3.08. The fraction of sp³-hybridized carbons (Fsp3) is 0. The Morgan fingerprint density at radius 2 is 1.85 bits per heavy atom. The fourth-order valence-electron chi connectivity index (χ4n) is 0.906. The summed E-state index contributed by atoms with van der Waals surface area (Å²) in [7, 11) is 0. The molecule has 2 aromatic heterocycles. The van der Waals surface area contributed by atoms with Gasteiger partial charge >= 0.3 is 0 Å². The molecule has 0 aliphatic rings. The zero-order valence-corrected chi connectivity index (χ0v) is 10.4. The molecule has 0 radical (unpaired) electrons. The quantitative estimate of drug-likeness (QED) is 0.748. The summed E-state index contributed by atoms with van der Waals surface area (Å²) in [6, 6.07) is 5.80. The normalized spacial score (nSPS) is 10.3. The van der Waals surface area contributed by atoms with E-state index in [2.05, 4.69) is 41.8 Å². The van der Waals surface area contributed by atoms with Crippen LogP contribution in [0.25, 0.3) is 10.7 Å². The summed E-state index contributed by atoms with van der Waals surface area (Å²) in [6.07, 6.45) is 0. The first-order valence-electron chi connectivity index (χ1n) is 3.49. The minimum absolute atomic E-state index is 0.747. The molecule has 0 saturated heterocycles. The average Bonchev–Trinajstić information content (AvgIpc) is 2.53. The third kappa shape index (κ3) is 2.15. The van der Waals surface area contributed by atoms with Gasteiger partial charge in [0.05, 0.1) is 4.88 Å². The van der Waals surface area contributed by atoms with Gasteiger partial charge in [0.2, 0.25) is 0 Å². The van der Waals surface area contributed by atoms with Gasteiger partial charge in [0.15, 0.2) is 5.82 Å². The predicted octanol–water partition coefficient (Wildman–Crippen LogP) is 3.73. The van der Waals surface area contributed by atoms with E-state index in [1.807, 2.05) is 23.6 Å². The molecule has 2 aromatic rings. The number of hydrogen-bond donors (Lipinski definition) is 0. The molecule has 0 N–H and O–H groups in total. The molecule has 0 fully saturated rings. The summed E-state index contributed by atoms with van der Waals surface area (Å²) in [5.41, 5.74) is 0. The Labute approximate surface area is 96.3 Å². The van der Waals surface area contributed by atoms with Gasteiger partial charge in [-0.1, -0.05) is 6.07 Å². The second kappa shape index (κ2) is 3.86. The summed E-state index contributed by atoms with van der Waals surface area (Å²) >= 11 is 8.27. The number of thiophene rings is 1. The molecule has 0 aromatic carbocycles. The Morgan fingerprint density at radius 3 is 2.38 bits per heavy atom. The first-order valence-corrected chi connectivity index (χ1v) is 5.96. The number of aromatic nitrogens is 2. The molecule has 0 atom stereocenters. The zero-order valence-electron chi connectivity index (χ0n) is 6.37. The van der Waals surface area contributed by atoms with Crippen molar-refractivity contribution < 1.29 is 0 Å². The molecule has 0 aliphatic carbocycles. The summed E-state index contributed by atoms with van der Waals surface area (Å²) in [5.74, 6) is 0.747. The van der Waals surface area contributed by atoms with Gasteiger partial charge in [-0.3, -0.25) is 0 Å². The van der Waals surface area contributed by atoms with Crippen LogP contribution >= 0.6 is 43.2 Å². The van der Waals surface area contributed by atoms with Crippen molar-refractivity contribution in [1.82, 2.24) is 9.97 Å². The van der Waals surface area contributed by atoms with Gasteiger partial charge in [-0.25, -0.2) is 9.97 Å². The van der Waals surface area contributed by atoms with Crippen molar-refractivity contribution in [2.24, 2.45) is 0 Å². The highest BCUT2D eigenvalue weighted by Crippen LogP contribution is 2.24. The molecule has 0 bridgehead atoms. The van der Waals surface area contributed by atoms with E-state index in [0.717, 1.165) is 19.9 Å². The minimum atomic E-state index is 0.747. The Morgan fingerprint density at radius 1 is 1.15 bits per heavy atom. The third-order valence-electron chi connectivity index (χ3n) is 1.41. The lowest BCUT2D eigenvalue weighted by Crippen LogP contribution is -1.87. The molecule has 2 rings (SSSR count). The van der Waals surface area contributed by atoms with Crippen LogP contribution in [0.5, 0.6) is 0 Å². The number of halogens is 2. The SMILES string of the molecule is Brc1cc(Br)nc(-c2cccs2)n1. The zero-order chi connectivity index (χ0) is 9.26. The molecule has 0 unspecified atom stereocenters. The van der Waals surface area contributed by atoms with Gasteiger partial charge in [-0.05, 0) is 43.3 Å². The summed E-state index contributed by atoms with van der Waals surface area (Å²) in [6.45, 7) is 0. The van der Waals surface area contributed by atoms with E-state index in [1.54, 1.807) is 11.3 Å². The second-order valence-electron chi connectivity index (χ2n) is 2.31. The van der Waals surface area contributed by atoms with Crippen LogP contribution < -0.4 is 0 Å². The maximum atomic E-state index is 4.26. The Bertz CT molecular complexity index is 394. The van der Waals surface area contributed by atoms with Crippen molar-refractivity contribution in [3.63, 3.8) is 0 Å². The topological polar surface area (TPSA) is 25.8 Å². The lowest BCUT2D eigenvalue weighted by atomic mass is 10.4. The monoisotopic (exact) mass is 318 g/mol. The van der Waals surface area contributed by atoms with Crippen LogP contribution in [0.2, 0.25) is 0 Å². The molecular weight excluding hydrogens is 316 g/mol. The second-order valence-corrected chi connectivity index (χ2v) is 4.89. The molecule has 0 spiro atoms. The van der Waals surface area contributed by atoms with Crippen molar-refractivity contribution in [2.75, 3.05) is 0 Å². The molecule has 0 amide bonds. The van der Waals surface area contributed by atoms with Crippen molar-refractivity contribution in [2.45, 2.75) is 0 Å². The van der Waals surface area contributed by atoms with Gasteiger partial charge in [-0.2, -0.15) is 0 Å². The average molecular weight is 320 g/mol. The first kappa shape index (κ1) is 9.30. The maximum Gasteiger partial charge on any atom is 0.171 e. The lowest BCUT2D eigenvalue weighted by Gasteiger charge is -1.97. The standard InChI is InChI=1S/C8H4Br2N2S/c9-6-4-7(10)12-8(11-6)5-2-1-3-13-5/h1-4H. The van der Waals surface area contributed by atoms with Crippen molar-refractivity contribution in [3.05, 3.63) is 32.8 Å². The van der Waals surface area contributed by atoms with E-state index in [4.69, 9.17) is 0 Å². The summed E-state index contributed by atoms with van der Waals surface area (Å²) < 4.78 is 1.58. The molecule has 13 heavy (non-hydrogen) atoms. The lowest BCUT2D eigenvalue weighted by molar-refractivity contribution is 1.13. The van der Waals surface area contributed by atoms with Gasteiger partial charge in [0.1, 0.15) is 9.21 Å². The van der Waals surface area contributed by atoms with Crippen LogP contribution in [0.1, 0.15) is 0 Å². The van der Waals surface area contributed by atoms with Crippen LogP contribution in [0, 0.1) is 0 Å². The van der Waals surface area contributed by atoms with Gasteiger partial charge in [0, 0.05) is 6.07 Å². The number of nitrogens with zero attached hydrogens (tertiary/aromatic N) is 2. The highest BCUT2D eigenvalue weighted by atomic mass is 79.9. The van der Waals surface area contributed by atoms with E-state index in [1.165, 1.54) is 0 Å². The highest BCUT2D eigenvalue weighted by Gasteiger charge is 2.04. The fourth-order valence-corrected chi connectivity index (χ4v) is 2.64. The largest absolute Gasteiger partial charge is 0.220 e. The van der Waals surface area contributed by atoms with Crippen LogP contribution in [-0.4, -0.2) is 9.97 Å². The Balaban J connectivity index is 2.53. The Kier molecular flexibility index (Phi) is 2.76. The molecule has 5 heteroatoms. The van der Waals surface area contributed by atoms with Gasteiger partial charge in [0.25, 0.3) is 0 Å². The summed E-state index contributed by atoms with van der Waals surface area (Å²) in [5, 5.41) is 2.01. The molecule has 0 saturated carbocycles. The van der Waals surface area contributed by atoms with E-state index in [0.29, 0.717) is 0 Å². The summed E-state index contributed by atoms with van der Waals surface area (Å²) in [4.78, 5) is 9.60. The smallest absolute Gasteiger partial charge is 0.171 e. The molecule has 2 heterocycles. The molecular formula is C8H4Br2N2S.